The third-order valence-corrected chi connectivity index (χ3v) is 3.05. The van der Waals surface area contributed by atoms with E-state index in [-0.39, 0.29) is 4.90 Å². The lowest BCUT2D eigenvalue weighted by Gasteiger charge is -2.07. The van der Waals surface area contributed by atoms with Gasteiger partial charge in [0.2, 0.25) is 10.0 Å². The van der Waals surface area contributed by atoms with Crippen molar-refractivity contribution in [3.8, 4) is 0 Å². The molecule has 0 aromatic carbocycles. The van der Waals surface area contributed by atoms with E-state index in [1.807, 2.05) is 4.72 Å². The predicted molar refractivity (Wildman–Crippen MR) is 49.6 cm³/mol. The zero-order valence-corrected chi connectivity index (χ0v) is 8.36. The molecule has 4 N–H and O–H groups in total. The number of aliphatic carboxylic acids is 1. The second-order valence-electron chi connectivity index (χ2n) is 2.75. The maximum absolute atomic E-state index is 11.4. The standard InChI is InChI=1S/C7H10N2O5S/c10-6(7(11)12)4-9-15(13,14)5-1-2-8-3-5/h1-3,6,8-10H,4H2,(H,11,12)/t6-/m0/s1. The first-order valence-electron chi connectivity index (χ1n) is 3.97. The van der Waals surface area contributed by atoms with Gasteiger partial charge in [-0.15, -0.1) is 0 Å². The van der Waals surface area contributed by atoms with Gasteiger partial charge in [0, 0.05) is 18.9 Å². The molecule has 1 heterocycles. The minimum Gasteiger partial charge on any atom is -0.479 e. The minimum atomic E-state index is -3.75. The Morgan fingerprint density at radius 3 is 2.73 bits per heavy atom. The van der Waals surface area contributed by atoms with Gasteiger partial charge in [-0.25, -0.2) is 17.9 Å². The Balaban J connectivity index is 2.63. The highest BCUT2D eigenvalue weighted by molar-refractivity contribution is 7.89. The van der Waals surface area contributed by atoms with Crippen LogP contribution in [0.5, 0.6) is 0 Å². The Hall–Kier alpha value is -1.38. The Kier molecular flexibility index (Phi) is 3.45. The molecule has 1 aromatic rings. The van der Waals surface area contributed by atoms with Crippen LogP contribution in [0.4, 0.5) is 0 Å². The summed E-state index contributed by atoms with van der Waals surface area (Å²) in [6.07, 6.45) is 0.913. The SMILES string of the molecule is O=C(O)[C@@H](O)CNS(=O)(=O)c1cc[nH]c1. The molecule has 84 valence electrons. The van der Waals surface area contributed by atoms with Crippen LogP contribution >= 0.6 is 0 Å². The molecule has 7 nitrogen and oxygen atoms in total. The number of sulfonamides is 1. The van der Waals surface area contributed by atoms with Gasteiger partial charge in [-0.3, -0.25) is 0 Å². The average Bonchev–Trinajstić information content (AvgIpc) is 2.67. The molecule has 0 amide bonds. The van der Waals surface area contributed by atoms with Crippen LogP contribution in [0.15, 0.2) is 23.4 Å². The van der Waals surface area contributed by atoms with Crippen molar-refractivity contribution in [1.82, 2.24) is 9.71 Å². The summed E-state index contributed by atoms with van der Waals surface area (Å²) in [5.41, 5.74) is 0. The fraction of sp³-hybridized carbons (Fsp3) is 0.286. The highest BCUT2D eigenvalue weighted by Crippen LogP contribution is 2.05. The Morgan fingerprint density at radius 2 is 2.27 bits per heavy atom. The van der Waals surface area contributed by atoms with E-state index >= 15 is 0 Å². The van der Waals surface area contributed by atoms with Gasteiger partial charge in [-0.05, 0) is 6.07 Å². The second kappa shape index (κ2) is 4.43. The highest BCUT2D eigenvalue weighted by Gasteiger charge is 2.19. The van der Waals surface area contributed by atoms with E-state index in [1.54, 1.807) is 0 Å². The molecule has 0 aliphatic carbocycles. The van der Waals surface area contributed by atoms with Crippen molar-refractivity contribution in [2.24, 2.45) is 0 Å². The molecule has 0 bridgehead atoms. The molecular weight excluding hydrogens is 224 g/mol. The van der Waals surface area contributed by atoms with E-state index in [4.69, 9.17) is 10.2 Å². The normalized spacial score (nSPS) is 13.7. The summed E-state index contributed by atoms with van der Waals surface area (Å²) in [5.74, 6) is -1.48. The molecule has 0 aliphatic rings. The zero-order valence-electron chi connectivity index (χ0n) is 7.54. The van der Waals surface area contributed by atoms with Crippen LogP contribution in [-0.4, -0.2) is 42.2 Å². The molecule has 0 unspecified atom stereocenters. The topological polar surface area (TPSA) is 119 Å². The number of H-pyrrole nitrogens is 1. The fourth-order valence-electron chi connectivity index (χ4n) is 0.835. The molecule has 15 heavy (non-hydrogen) atoms. The van der Waals surface area contributed by atoms with Gasteiger partial charge in [-0.1, -0.05) is 0 Å². The Labute approximate surface area is 85.8 Å². The summed E-state index contributed by atoms with van der Waals surface area (Å²) in [6.45, 7) is -0.567. The molecule has 0 radical (unpaired) electrons. The molecule has 8 heteroatoms. The van der Waals surface area contributed by atoms with Gasteiger partial charge in [0.1, 0.15) is 0 Å². The molecular formula is C7H10N2O5S. The Bertz CT molecular complexity index is 424. The van der Waals surface area contributed by atoms with Crippen LogP contribution < -0.4 is 4.72 Å². The van der Waals surface area contributed by atoms with Crippen molar-refractivity contribution in [1.29, 1.82) is 0 Å². The van der Waals surface area contributed by atoms with Crippen molar-refractivity contribution < 1.29 is 23.4 Å². The van der Waals surface area contributed by atoms with Crippen LogP contribution in [0, 0.1) is 0 Å². The molecule has 0 aliphatic heterocycles. The van der Waals surface area contributed by atoms with E-state index < -0.39 is 28.6 Å². The number of aliphatic hydroxyl groups is 1. The molecule has 0 saturated heterocycles. The number of nitrogens with one attached hydrogen (secondary N) is 2. The van der Waals surface area contributed by atoms with E-state index in [0.29, 0.717) is 0 Å². The number of aromatic amines is 1. The van der Waals surface area contributed by atoms with Crippen molar-refractivity contribution in [3.63, 3.8) is 0 Å². The molecule has 0 saturated carbocycles. The summed E-state index contributed by atoms with van der Waals surface area (Å²) >= 11 is 0. The number of hydrogen-bond donors (Lipinski definition) is 4. The molecule has 1 aromatic heterocycles. The fourth-order valence-corrected chi connectivity index (χ4v) is 1.85. The number of carboxylic acid groups (broad SMARTS) is 1. The third-order valence-electron chi connectivity index (χ3n) is 1.63. The van der Waals surface area contributed by atoms with E-state index in [0.717, 1.165) is 0 Å². The molecule has 1 rings (SSSR count). The number of hydrogen-bond acceptors (Lipinski definition) is 4. The molecule has 0 fully saturated rings. The minimum absolute atomic E-state index is 0.0138. The summed E-state index contributed by atoms with van der Waals surface area (Å²) in [4.78, 5) is 12.7. The lowest BCUT2D eigenvalue weighted by atomic mass is 10.4. The van der Waals surface area contributed by atoms with Crippen molar-refractivity contribution >= 4 is 16.0 Å². The summed E-state index contributed by atoms with van der Waals surface area (Å²) in [7, 11) is -3.75. The van der Waals surface area contributed by atoms with Gasteiger partial charge in [0.25, 0.3) is 0 Å². The summed E-state index contributed by atoms with van der Waals surface area (Å²) in [5, 5.41) is 17.2. The Morgan fingerprint density at radius 1 is 1.60 bits per heavy atom. The first-order chi connectivity index (χ1) is 6.93. The van der Waals surface area contributed by atoms with Crippen LogP contribution in [-0.2, 0) is 14.8 Å². The average molecular weight is 234 g/mol. The summed E-state index contributed by atoms with van der Waals surface area (Å²) in [6, 6.07) is 1.31. The number of aromatic nitrogens is 1. The lowest BCUT2D eigenvalue weighted by molar-refractivity contribution is -0.146. The quantitative estimate of drug-likeness (QED) is 0.507. The predicted octanol–water partition coefficient (Wildman–Crippen LogP) is -1.26. The van der Waals surface area contributed by atoms with Gasteiger partial charge < -0.3 is 15.2 Å². The maximum Gasteiger partial charge on any atom is 0.333 e. The molecule has 1 atom stereocenters. The van der Waals surface area contributed by atoms with Gasteiger partial charge in [-0.2, -0.15) is 0 Å². The van der Waals surface area contributed by atoms with E-state index in [2.05, 4.69) is 4.98 Å². The number of carboxylic acids is 1. The zero-order chi connectivity index (χ0) is 11.5. The maximum atomic E-state index is 11.4. The number of aliphatic hydroxyl groups excluding tert-OH is 1. The van der Waals surface area contributed by atoms with Crippen molar-refractivity contribution in [3.05, 3.63) is 18.5 Å². The van der Waals surface area contributed by atoms with Gasteiger partial charge in [0.15, 0.2) is 6.10 Å². The third kappa shape index (κ3) is 3.05. The molecule has 0 spiro atoms. The highest BCUT2D eigenvalue weighted by atomic mass is 32.2. The lowest BCUT2D eigenvalue weighted by Crippen LogP contribution is -2.36. The van der Waals surface area contributed by atoms with Crippen LogP contribution in [0.25, 0.3) is 0 Å². The van der Waals surface area contributed by atoms with Gasteiger partial charge >= 0.3 is 5.97 Å². The largest absolute Gasteiger partial charge is 0.479 e. The van der Waals surface area contributed by atoms with Crippen molar-refractivity contribution in [2.45, 2.75) is 11.0 Å². The van der Waals surface area contributed by atoms with Crippen LogP contribution in [0.3, 0.4) is 0 Å². The van der Waals surface area contributed by atoms with E-state index in [9.17, 15) is 13.2 Å². The van der Waals surface area contributed by atoms with Crippen molar-refractivity contribution in [2.75, 3.05) is 6.54 Å². The summed E-state index contributed by atoms with van der Waals surface area (Å²) < 4.78 is 24.7. The van der Waals surface area contributed by atoms with Crippen LogP contribution in [0.2, 0.25) is 0 Å². The smallest absolute Gasteiger partial charge is 0.333 e. The van der Waals surface area contributed by atoms with Gasteiger partial charge in [0.05, 0.1) is 4.90 Å². The van der Waals surface area contributed by atoms with Crippen LogP contribution in [0.1, 0.15) is 0 Å². The second-order valence-corrected chi connectivity index (χ2v) is 4.52. The number of carbonyl (C=O) groups is 1. The first-order valence-corrected chi connectivity index (χ1v) is 5.45. The van der Waals surface area contributed by atoms with E-state index in [1.165, 1.54) is 18.5 Å². The number of rotatable bonds is 5. The first kappa shape index (κ1) is 11.7. The monoisotopic (exact) mass is 234 g/mol.